The monoisotopic (exact) mass is 364 g/mol. The lowest BCUT2D eigenvalue weighted by Crippen LogP contribution is -2.47. The molecule has 0 fully saturated rings. The molecule has 1 aromatic carbocycles. The Morgan fingerprint density at radius 3 is 2.00 bits per heavy atom. The number of aromatic nitrogens is 2. The number of allylic oxidation sites excluding steroid dienone is 1. The van der Waals surface area contributed by atoms with Crippen LogP contribution in [0.1, 0.15) is 11.1 Å². The fourth-order valence-corrected chi connectivity index (χ4v) is 2.82. The lowest BCUT2D eigenvalue weighted by molar-refractivity contribution is -0.0805. The Morgan fingerprint density at radius 2 is 1.50 bits per heavy atom. The zero-order chi connectivity index (χ0) is 19.6. The second-order valence-electron chi connectivity index (χ2n) is 6.35. The second-order valence-corrected chi connectivity index (χ2v) is 6.35. The van der Waals surface area contributed by atoms with Crippen LogP contribution in [-0.2, 0) is 13.1 Å². The Hall–Kier alpha value is -2.26. The minimum atomic E-state index is -1.66. The molecule has 4 N–H and O–H groups in total. The highest BCUT2D eigenvalue weighted by Gasteiger charge is 2.26. The van der Waals surface area contributed by atoms with Gasteiger partial charge in [-0.05, 0) is 37.1 Å². The van der Waals surface area contributed by atoms with Gasteiger partial charge in [-0.3, -0.25) is 18.7 Å². The van der Waals surface area contributed by atoms with Gasteiger partial charge in [0.15, 0.2) is 0 Å². The van der Waals surface area contributed by atoms with Crippen LogP contribution in [0.15, 0.2) is 34.4 Å². The van der Waals surface area contributed by atoms with Crippen molar-refractivity contribution in [2.45, 2.75) is 45.2 Å². The van der Waals surface area contributed by atoms with Gasteiger partial charge in [0.05, 0.1) is 24.2 Å². The highest BCUT2D eigenvalue weighted by atomic mass is 16.4. The van der Waals surface area contributed by atoms with E-state index in [1.165, 1.54) is 10.6 Å². The largest absolute Gasteiger partial charge is 0.394 e. The van der Waals surface area contributed by atoms with E-state index in [1.54, 1.807) is 12.1 Å². The Labute approximate surface area is 149 Å². The summed E-state index contributed by atoms with van der Waals surface area (Å²) in [5, 5.41) is 38.4. The van der Waals surface area contributed by atoms with Crippen molar-refractivity contribution in [3.63, 3.8) is 0 Å². The molecule has 0 aliphatic rings. The standard InChI is InChI=1S/C18H24N2O6/c1-4-5-19-12-6-10(2)11(3)7-13(12)20(18(26)17(19)25)8-14(22)16(24)15(23)9-21/h4,6-7,14-16,21-24H,1,5,8-9H2,2-3H3/t14-,15+,16-/m0/s1. The molecule has 0 saturated carbocycles. The van der Waals surface area contributed by atoms with Crippen LogP contribution in [0.4, 0.5) is 0 Å². The first-order chi connectivity index (χ1) is 12.2. The van der Waals surface area contributed by atoms with Gasteiger partial charge in [0.1, 0.15) is 18.3 Å². The Kier molecular flexibility index (Phi) is 6.14. The van der Waals surface area contributed by atoms with Crippen LogP contribution in [0.3, 0.4) is 0 Å². The van der Waals surface area contributed by atoms with Crippen LogP contribution in [0.25, 0.3) is 11.0 Å². The van der Waals surface area contributed by atoms with E-state index in [1.807, 2.05) is 13.8 Å². The van der Waals surface area contributed by atoms with Crippen LogP contribution >= 0.6 is 0 Å². The van der Waals surface area contributed by atoms with Crippen molar-refractivity contribution >= 4 is 11.0 Å². The van der Waals surface area contributed by atoms with Crippen molar-refractivity contribution in [2.75, 3.05) is 6.61 Å². The van der Waals surface area contributed by atoms with Crippen molar-refractivity contribution in [3.05, 3.63) is 56.6 Å². The highest BCUT2D eigenvalue weighted by Crippen LogP contribution is 2.18. The van der Waals surface area contributed by atoms with Crippen molar-refractivity contribution in [2.24, 2.45) is 0 Å². The molecule has 0 spiro atoms. The van der Waals surface area contributed by atoms with Crippen molar-refractivity contribution in [3.8, 4) is 0 Å². The van der Waals surface area contributed by atoms with E-state index < -0.39 is 42.6 Å². The van der Waals surface area contributed by atoms with Crippen molar-refractivity contribution < 1.29 is 20.4 Å². The smallest absolute Gasteiger partial charge is 0.317 e. The number of rotatable bonds is 7. The molecule has 1 heterocycles. The zero-order valence-electron chi connectivity index (χ0n) is 14.8. The van der Waals surface area contributed by atoms with Gasteiger partial charge in [0.25, 0.3) is 0 Å². The molecule has 142 valence electrons. The summed E-state index contributed by atoms with van der Waals surface area (Å²) in [4.78, 5) is 25.0. The summed E-state index contributed by atoms with van der Waals surface area (Å²) in [6, 6.07) is 3.50. The second kappa shape index (κ2) is 7.96. The summed E-state index contributed by atoms with van der Waals surface area (Å²) < 4.78 is 2.39. The predicted octanol–water partition coefficient (Wildman–Crippen LogP) is -0.959. The van der Waals surface area contributed by atoms with Crippen LogP contribution < -0.4 is 11.1 Å². The van der Waals surface area contributed by atoms with Gasteiger partial charge in [-0.1, -0.05) is 6.08 Å². The fraction of sp³-hybridized carbons (Fsp3) is 0.444. The molecule has 8 nitrogen and oxygen atoms in total. The number of aryl methyl sites for hydroxylation is 2. The summed E-state index contributed by atoms with van der Waals surface area (Å²) in [7, 11) is 0. The molecule has 0 unspecified atom stereocenters. The van der Waals surface area contributed by atoms with Crippen LogP contribution in [0, 0.1) is 13.8 Å². The van der Waals surface area contributed by atoms with Gasteiger partial charge >= 0.3 is 11.1 Å². The summed E-state index contributed by atoms with van der Waals surface area (Å²) in [5.74, 6) is 0. The Morgan fingerprint density at radius 1 is 1.00 bits per heavy atom. The summed E-state index contributed by atoms with van der Waals surface area (Å²) in [6.07, 6.45) is -3.26. The van der Waals surface area contributed by atoms with E-state index in [9.17, 15) is 24.9 Å². The minimum Gasteiger partial charge on any atom is -0.394 e. The van der Waals surface area contributed by atoms with E-state index >= 15 is 0 Å². The number of benzene rings is 1. The maximum atomic E-state index is 12.6. The lowest BCUT2D eigenvalue weighted by Gasteiger charge is -2.23. The quantitative estimate of drug-likeness (QED) is 0.371. The van der Waals surface area contributed by atoms with E-state index in [4.69, 9.17) is 5.11 Å². The molecular weight excluding hydrogens is 340 g/mol. The van der Waals surface area contributed by atoms with Crippen molar-refractivity contribution in [1.82, 2.24) is 9.13 Å². The van der Waals surface area contributed by atoms with E-state index in [2.05, 4.69) is 6.58 Å². The molecular formula is C18H24N2O6. The summed E-state index contributed by atoms with van der Waals surface area (Å²) in [5.41, 5.74) is 1.11. The molecule has 0 aliphatic heterocycles. The first-order valence-corrected chi connectivity index (χ1v) is 8.23. The number of hydrogen-bond donors (Lipinski definition) is 4. The van der Waals surface area contributed by atoms with Gasteiger partial charge in [-0.25, -0.2) is 0 Å². The topological polar surface area (TPSA) is 125 Å². The molecule has 26 heavy (non-hydrogen) atoms. The summed E-state index contributed by atoms with van der Waals surface area (Å²) in [6.45, 7) is 6.35. The molecule has 3 atom stereocenters. The van der Waals surface area contributed by atoms with E-state index in [-0.39, 0.29) is 6.54 Å². The lowest BCUT2D eigenvalue weighted by atomic mass is 10.1. The minimum absolute atomic E-state index is 0.155. The molecule has 0 radical (unpaired) electrons. The third-order valence-corrected chi connectivity index (χ3v) is 4.50. The maximum absolute atomic E-state index is 12.6. The molecule has 0 bridgehead atoms. The first kappa shape index (κ1) is 20.1. The number of hydrogen-bond acceptors (Lipinski definition) is 6. The highest BCUT2D eigenvalue weighted by molar-refractivity contribution is 5.77. The van der Waals surface area contributed by atoms with Crippen LogP contribution in [0.2, 0.25) is 0 Å². The Balaban J connectivity index is 2.70. The van der Waals surface area contributed by atoms with E-state index in [0.717, 1.165) is 15.7 Å². The maximum Gasteiger partial charge on any atom is 0.317 e. The fourth-order valence-electron chi connectivity index (χ4n) is 2.82. The van der Waals surface area contributed by atoms with Gasteiger partial charge in [-0.15, -0.1) is 6.58 Å². The third kappa shape index (κ3) is 3.63. The van der Waals surface area contributed by atoms with Gasteiger partial charge in [0, 0.05) is 6.54 Å². The first-order valence-electron chi connectivity index (χ1n) is 8.23. The predicted molar refractivity (Wildman–Crippen MR) is 97.2 cm³/mol. The molecule has 2 rings (SSSR count). The molecule has 0 aliphatic carbocycles. The van der Waals surface area contributed by atoms with Gasteiger partial charge in [-0.2, -0.15) is 0 Å². The summed E-state index contributed by atoms with van der Waals surface area (Å²) >= 11 is 0. The van der Waals surface area contributed by atoms with Crippen molar-refractivity contribution in [1.29, 1.82) is 0 Å². The molecule has 1 aromatic heterocycles. The van der Waals surface area contributed by atoms with Gasteiger partial charge in [0.2, 0.25) is 0 Å². The molecule has 0 saturated heterocycles. The van der Waals surface area contributed by atoms with E-state index in [0.29, 0.717) is 11.0 Å². The Bertz CT molecular complexity index is 930. The van der Waals surface area contributed by atoms with Gasteiger partial charge < -0.3 is 20.4 Å². The number of aliphatic hydroxyl groups excluding tert-OH is 4. The average Bonchev–Trinajstić information content (AvgIpc) is 2.62. The van der Waals surface area contributed by atoms with Crippen LogP contribution in [0.5, 0.6) is 0 Å². The zero-order valence-corrected chi connectivity index (χ0v) is 14.8. The molecule has 2 aromatic rings. The number of fused-ring (bicyclic) bond motifs is 1. The SMILES string of the molecule is C=CCn1c(=O)c(=O)n(C[C@H](O)[C@H](O)[C@H](O)CO)c2cc(C)c(C)cc21. The third-order valence-electron chi connectivity index (χ3n) is 4.50. The number of aliphatic hydroxyl groups is 4. The normalized spacial score (nSPS) is 15.0. The molecule has 0 amide bonds. The average molecular weight is 364 g/mol. The molecule has 8 heteroatoms. The van der Waals surface area contributed by atoms with Crippen LogP contribution in [-0.4, -0.2) is 54.5 Å². The number of nitrogens with zero attached hydrogens (tertiary/aromatic N) is 2.